The first-order valence-electron chi connectivity index (χ1n) is 7.00. The Morgan fingerprint density at radius 1 is 1.18 bits per heavy atom. The third kappa shape index (κ3) is 2.01. The maximum absolute atomic E-state index is 12.5. The largest absolute Gasteiger partial charge is 0.339 e. The molecule has 2 aliphatic carbocycles. The molecule has 0 aromatic rings. The Kier molecular flexibility index (Phi) is 2.95. The average molecular weight is 234 g/mol. The van der Waals surface area contributed by atoms with E-state index in [4.69, 9.17) is 5.73 Å². The van der Waals surface area contributed by atoms with Crippen LogP contribution >= 0.6 is 0 Å². The Hall–Kier alpha value is -0.830. The molecule has 3 heteroatoms. The molecule has 2 N–H and O–H groups in total. The van der Waals surface area contributed by atoms with Crippen LogP contribution in [0.1, 0.15) is 38.5 Å². The number of nitrogens with two attached hydrogens (primary N) is 1. The van der Waals surface area contributed by atoms with Crippen LogP contribution in [0, 0.1) is 11.8 Å². The van der Waals surface area contributed by atoms with Gasteiger partial charge in [0.15, 0.2) is 0 Å². The van der Waals surface area contributed by atoms with Gasteiger partial charge in [-0.25, -0.2) is 0 Å². The molecular formula is C14H22N2O. The van der Waals surface area contributed by atoms with Gasteiger partial charge in [-0.1, -0.05) is 18.6 Å². The Balaban J connectivity index is 1.70. The Bertz CT molecular complexity index is 339. The summed E-state index contributed by atoms with van der Waals surface area (Å²) in [6, 6.07) is 0.634. The van der Waals surface area contributed by atoms with Crippen molar-refractivity contribution < 1.29 is 4.79 Å². The summed E-state index contributed by atoms with van der Waals surface area (Å²) in [6.07, 6.45) is 11.2. The summed E-state index contributed by atoms with van der Waals surface area (Å²) >= 11 is 0. The number of piperidine rings is 1. The van der Waals surface area contributed by atoms with E-state index < -0.39 is 0 Å². The van der Waals surface area contributed by atoms with E-state index in [0.29, 0.717) is 11.9 Å². The van der Waals surface area contributed by atoms with Gasteiger partial charge in [-0.05, 0) is 38.0 Å². The molecule has 1 saturated heterocycles. The number of carbonyl (C=O) groups excluding carboxylic acids is 1. The van der Waals surface area contributed by atoms with Crippen LogP contribution in [0.4, 0.5) is 0 Å². The molecule has 0 radical (unpaired) electrons. The number of fused-ring (bicyclic) bond motifs is 1. The number of nitrogens with zero attached hydrogens (tertiary/aromatic N) is 1. The summed E-state index contributed by atoms with van der Waals surface area (Å²) in [5, 5.41) is 0. The number of hydrogen-bond donors (Lipinski definition) is 1. The molecule has 1 aliphatic heterocycles. The van der Waals surface area contributed by atoms with Crippen molar-refractivity contribution in [2.75, 3.05) is 6.54 Å². The van der Waals surface area contributed by atoms with Crippen molar-refractivity contribution in [2.45, 2.75) is 50.6 Å². The van der Waals surface area contributed by atoms with Crippen LogP contribution in [0.15, 0.2) is 12.2 Å². The van der Waals surface area contributed by atoms with E-state index in [-0.39, 0.29) is 12.0 Å². The molecule has 4 atom stereocenters. The summed E-state index contributed by atoms with van der Waals surface area (Å²) in [5.41, 5.74) is 5.84. The lowest BCUT2D eigenvalue weighted by molar-refractivity contribution is -0.138. The van der Waals surface area contributed by atoms with Crippen LogP contribution in [0.25, 0.3) is 0 Å². The highest BCUT2D eigenvalue weighted by molar-refractivity contribution is 5.81. The van der Waals surface area contributed by atoms with Crippen molar-refractivity contribution >= 4 is 5.91 Å². The first kappa shape index (κ1) is 11.3. The van der Waals surface area contributed by atoms with Gasteiger partial charge < -0.3 is 10.6 Å². The molecule has 17 heavy (non-hydrogen) atoms. The van der Waals surface area contributed by atoms with Crippen molar-refractivity contribution in [2.24, 2.45) is 17.6 Å². The van der Waals surface area contributed by atoms with E-state index in [2.05, 4.69) is 4.90 Å². The molecule has 0 aromatic carbocycles. The van der Waals surface area contributed by atoms with Gasteiger partial charge >= 0.3 is 0 Å². The second-order valence-corrected chi connectivity index (χ2v) is 5.82. The summed E-state index contributed by atoms with van der Waals surface area (Å²) in [5.74, 6) is 1.18. The van der Waals surface area contributed by atoms with Gasteiger partial charge in [0.05, 0.1) is 5.92 Å². The van der Waals surface area contributed by atoms with Crippen molar-refractivity contribution in [3.05, 3.63) is 12.2 Å². The summed E-state index contributed by atoms with van der Waals surface area (Å²) in [4.78, 5) is 14.7. The maximum Gasteiger partial charge on any atom is 0.229 e. The third-order valence-electron chi connectivity index (χ3n) is 4.71. The van der Waals surface area contributed by atoms with Crippen molar-refractivity contribution in [3.63, 3.8) is 0 Å². The molecule has 3 rings (SSSR count). The van der Waals surface area contributed by atoms with Crippen LogP contribution in [-0.2, 0) is 4.79 Å². The minimum atomic E-state index is 0.0596. The minimum Gasteiger partial charge on any atom is -0.339 e. The molecule has 1 saturated carbocycles. The van der Waals surface area contributed by atoms with Crippen LogP contribution in [0.3, 0.4) is 0 Å². The second kappa shape index (κ2) is 4.45. The highest BCUT2D eigenvalue weighted by atomic mass is 16.2. The smallest absolute Gasteiger partial charge is 0.229 e. The Morgan fingerprint density at radius 3 is 2.76 bits per heavy atom. The first-order chi connectivity index (χ1) is 8.25. The van der Waals surface area contributed by atoms with E-state index >= 15 is 0 Å². The molecule has 0 spiro atoms. The zero-order valence-electron chi connectivity index (χ0n) is 10.3. The topological polar surface area (TPSA) is 46.3 Å². The van der Waals surface area contributed by atoms with Crippen molar-refractivity contribution in [3.8, 4) is 0 Å². The fraction of sp³-hybridized carbons (Fsp3) is 0.786. The number of hydrogen-bond acceptors (Lipinski definition) is 2. The quantitative estimate of drug-likeness (QED) is 0.702. The lowest BCUT2D eigenvalue weighted by Crippen LogP contribution is -2.48. The summed E-state index contributed by atoms with van der Waals surface area (Å²) in [6.45, 7) is 0.972. The Morgan fingerprint density at radius 2 is 2.00 bits per heavy atom. The van der Waals surface area contributed by atoms with Gasteiger partial charge in [0.2, 0.25) is 5.91 Å². The van der Waals surface area contributed by atoms with E-state index in [1.807, 2.05) is 12.2 Å². The Labute approximate surface area is 103 Å². The van der Waals surface area contributed by atoms with E-state index in [0.717, 1.165) is 18.9 Å². The molecule has 4 unspecified atom stereocenters. The highest BCUT2D eigenvalue weighted by Gasteiger charge is 2.39. The number of rotatable bonds is 1. The fourth-order valence-electron chi connectivity index (χ4n) is 3.85. The molecule has 3 aliphatic rings. The predicted molar refractivity (Wildman–Crippen MR) is 67.3 cm³/mol. The van der Waals surface area contributed by atoms with Gasteiger partial charge in [-0.2, -0.15) is 0 Å². The molecule has 1 heterocycles. The van der Waals surface area contributed by atoms with Crippen molar-refractivity contribution in [1.82, 2.24) is 4.90 Å². The standard InChI is InChI=1S/C14H22N2O/c15-12-7-6-11(9-12)14(17)16-8-2-4-10-3-1-5-13(10)16/h6-7,10-13H,1-5,8-9,15H2. The number of likely N-dealkylation sites (tertiary alicyclic amines) is 1. The monoisotopic (exact) mass is 234 g/mol. The molecule has 0 aromatic heterocycles. The molecule has 2 fully saturated rings. The summed E-state index contributed by atoms with van der Waals surface area (Å²) < 4.78 is 0. The number of carbonyl (C=O) groups is 1. The van der Waals surface area contributed by atoms with Gasteiger partial charge in [0, 0.05) is 18.6 Å². The van der Waals surface area contributed by atoms with E-state index in [9.17, 15) is 4.79 Å². The predicted octanol–water partition coefficient (Wildman–Crippen LogP) is 1.68. The maximum atomic E-state index is 12.5. The fourth-order valence-corrected chi connectivity index (χ4v) is 3.85. The van der Waals surface area contributed by atoms with Crippen LogP contribution in [0.2, 0.25) is 0 Å². The van der Waals surface area contributed by atoms with Gasteiger partial charge in [-0.15, -0.1) is 0 Å². The second-order valence-electron chi connectivity index (χ2n) is 5.82. The molecule has 0 bridgehead atoms. The lowest BCUT2D eigenvalue weighted by Gasteiger charge is -2.39. The third-order valence-corrected chi connectivity index (χ3v) is 4.71. The molecule has 94 valence electrons. The van der Waals surface area contributed by atoms with Crippen LogP contribution in [-0.4, -0.2) is 29.4 Å². The number of amides is 1. The normalized spacial score (nSPS) is 40.6. The molecular weight excluding hydrogens is 212 g/mol. The molecule has 3 nitrogen and oxygen atoms in total. The van der Waals surface area contributed by atoms with Crippen molar-refractivity contribution in [1.29, 1.82) is 0 Å². The van der Waals surface area contributed by atoms with Crippen LogP contribution < -0.4 is 5.73 Å². The molecule has 1 amide bonds. The zero-order valence-corrected chi connectivity index (χ0v) is 10.3. The highest BCUT2D eigenvalue weighted by Crippen LogP contribution is 2.38. The van der Waals surface area contributed by atoms with Gasteiger partial charge in [0.1, 0.15) is 0 Å². The summed E-state index contributed by atoms with van der Waals surface area (Å²) in [7, 11) is 0. The lowest BCUT2D eigenvalue weighted by atomic mass is 9.90. The average Bonchev–Trinajstić information content (AvgIpc) is 2.95. The first-order valence-corrected chi connectivity index (χ1v) is 7.00. The SMILES string of the molecule is NC1C=CC(C(=O)N2CCCC3CCCC32)C1. The van der Waals surface area contributed by atoms with Crippen LogP contribution in [0.5, 0.6) is 0 Å². The minimum absolute atomic E-state index is 0.0596. The zero-order chi connectivity index (χ0) is 11.8. The van der Waals surface area contributed by atoms with Gasteiger partial charge in [-0.3, -0.25) is 4.79 Å². The van der Waals surface area contributed by atoms with E-state index in [1.54, 1.807) is 0 Å². The van der Waals surface area contributed by atoms with Gasteiger partial charge in [0.25, 0.3) is 0 Å². The van der Waals surface area contributed by atoms with E-state index in [1.165, 1.54) is 32.1 Å².